The largest absolute Gasteiger partial charge is 0.481 e. The van der Waals surface area contributed by atoms with Crippen LogP contribution in [0.1, 0.15) is 24.0 Å². The van der Waals surface area contributed by atoms with Crippen LogP contribution in [0.4, 0.5) is 0 Å². The van der Waals surface area contributed by atoms with E-state index < -0.39 is 30.9 Å². The number of aliphatic carboxylic acids is 1. The fourth-order valence-corrected chi connectivity index (χ4v) is 5.03. The third kappa shape index (κ3) is 7.50. The summed E-state index contributed by atoms with van der Waals surface area (Å²) < 4.78 is 0. The minimum Gasteiger partial charge on any atom is -0.481 e. The number of nitrogens with one attached hydrogen (secondary N) is 2. The fourth-order valence-electron chi connectivity index (χ4n) is 4.42. The highest BCUT2D eigenvalue weighted by Gasteiger charge is 2.38. The van der Waals surface area contributed by atoms with E-state index in [1.54, 1.807) is 6.07 Å². The van der Waals surface area contributed by atoms with Crippen molar-refractivity contribution in [1.29, 1.82) is 0 Å². The van der Waals surface area contributed by atoms with Crippen molar-refractivity contribution in [1.82, 2.24) is 10.6 Å². The molecular weight excluding hydrogens is 510 g/mol. The lowest BCUT2D eigenvalue weighted by Crippen LogP contribution is -2.53. The SMILES string of the molecule is Cl.Cl.Cl.NC(C1Cc2c(Cl)cc(Cl)cc2CN1)[C@H](CCC1CNCC1C(=O)O)B(O)O. The summed E-state index contributed by atoms with van der Waals surface area (Å²) in [5, 5.41) is 36.8. The predicted octanol–water partition coefficient (Wildman–Crippen LogP) is 2.14. The average Bonchev–Trinajstić information content (AvgIpc) is 3.10. The predicted molar refractivity (Wildman–Crippen MR) is 131 cm³/mol. The van der Waals surface area contributed by atoms with Crippen molar-refractivity contribution >= 4 is 73.5 Å². The lowest BCUT2D eigenvalue weighted by atomic mass is 9.63. The molecule has 0 bridgehead atoms. The van der Waals surface area contributed by atoms with Gasteiger partial charge in [-0.1, -0.05) is 29.6 Å². The molecule has 5 atom stereocenters. The van der Waals surface area contributed by atoms with Crippen LogP contribution in [0.2, 0.25) is 15.9 Å². The first-order valence-electron chi connectivity index (χ1n) is 9.53. The van der Waals surface area contributed by atoms with Gasteiger partial charge in [-0.25, -0.2) is 0 Å². The molecule has 2 aliphatic rings. The number of carboxylic acids is 1. The van der Waals surface area contributed by atoms with Crippen molar-refractivity contribution in [3.63, 3.8) is 0 Å². The summed E-state index contributed by atoms with van der Waals surface area (Å²) in [4.78, 5) is 11.3. The lowest BCUT2D eigenvalue weighted by Gasteiger charge is -2.35. The molecule has 7 N–H and O–H groups in total. The van der Waals surface area contributed by atoms with E-state index in [9.17, 15) is 19.9 Å². The first-order chi connectivity index (χ1) is 13.3. The summed E-state index contributed by atoms with van der Waals surface area (Å²) in [6, 6.07) is 2.88. The molecule has 0 aromatic heterocycles. The van der Waals surface area contributed by atoms with Crippen LogP contribution in [-0.2, 0) is 17.8 Å². The van der Waals surface area contributed by atoms with E-state index in [0.717, 1.165) is 11.1 Å². The van der Waals surface area contributed by atoms with Gasteiger partial charge < -0.3 is 31.5 Å². The molecule has 178 valence electrons. The Morgan fingerprint density at radius 3 is 2.52 bits per heavy atom. The smallest absolute Gasteiger partial charge is 0.456 e. The van der Waals surface area contributed by atoms with Crippen molar-refractivity contribution in [3.05, 3.63) is 33.3 Å². The molecule has 13 heteroatoms. The van der Waals surface area contributed by atoms with Crippen LogP contribution >= 0.6 is 60.4 Å². The maximum atomic E-state index is 11.3. The summed E-state index contributed by atoms with van der Waals surface area (Å²) in [5.74, 6) is -1.88. The maximum absolute atomic E-state index is 11.3. The van der Waals surface area contributed by atoms with Crippen molar-refractivity contribution in [3.8, 4) is 0 Å². The molecule has 0 spiro atoms. The quantitative estimate of drug-likeness (QED) is 0.293. The van der Waals surface area contributed by atoms with Crippen LogP contribution in [0.15, 0.2) is 12.1 Å². The van der Waals surface area contributed by atoms with Gasteiger partial charge in [0.25, 0.3) is 0 Å². The zero-order valence-electron chi connectivity index (χ0n) is 16.7. The Morgan fingerprint density at radius 2 is 1.90 bits per heavy atom. The van der Waals surface area contributed by atoms with Gasteiger partial charge in [0.1, 0.15) is 0 Å². The third-order valence-electron chi connectivity index (χ3n) is 6.10. The molecule has 1 fully saturated rings. The van der Waals surface area contributed by atoms with Crippen molar-refractivity contribution in [2.24, 2.45) is 17.6 Å². The molecule has 7 nitrogen and oxygen atoms in total. The van der Waals surface area contributed by atoms with Gasteiger partial charge in [-0.15, -0.1) is 37.2 Å². The molecule has 0 amide bonds. The molecule has 0 radical (unpaired) electrons. The molecule has 2 aliphatic heterocycles. The highest BCUT2D eigenvalue weighted by molar-refractivity contribution is 6.43. The zero-order valence-corrected chi connectivity index (χ0v) is 20.6. The number of benzene rings is 1. The fraction of sp³-hybridized carbons (Fsp3) is 0.611. The minimum absolute atomic E-state index is 0. The number of fused-ring (bicyclic) bond motifs is 1. The second-order valence-corrected chi connectivity index (χ2v) is 8.66. The number of nitrogens with two attached hydrogens (primary N) is 1. The van der Waals surface area contributed by atoms with Gasteiger partial charge in [0.15, 0.2) is 0 Å². The maximum Gasteiger partial charge on any atom is 0.456 e. The first-order valence-corrected chi connectivity index (χ1v) is 10.3. The number of halogens is 5. The number of carboxylic acid groups (broad SMARTS) is 1. The third-order valence-corrected chi connectivity index (χ3v) is 6.66. The Hall–Kier alpha value is 0.00494. The van der Waals surface area contributed by atoms with E-state index in [1.165, 1.54) is 0 Å². The molecule has 2 heterocycles. The Labute approximate surface area is 211 Å². The molecule has 0 saturated carbocycles. The van der Waals surface area contributed by atoms with Gasteiger partial charge in [-0.3, -0.25) is 4.79 Å². The summed E-state index contributed by atoms with van der Waals surface area (Å²) in [6.45, 7) is 1.61. The molecule has 1 saturated heterocycles. The Kier molecular flexibility index (Phi) is 13.7. The number of rotatable bonds is 7. The molecule has 3 rings (SSSR count). The molecular formula is C18H29BCl5N3O4. The Morgan fingerprint density at radius 1 is 1.23 bits per heavy atom. The molecule has 4 unspecified atom stereocenters. The topological polar surface area (TPSA) is 128 Å². The lowest BCUT2D eigenvalue weighted by molar-refractivity contribution is -0.142. The highest BCUT2D eigenvalue weighted by atomic mass is 35.5. The summed E-state index contributed by atoms with van der Waals surface area (Å²) in [6.07, 6.45) is 1.58. The Bertz CT molecular complexity index is 734. The molecule has 1 aromatic carbocycles. The highest BCUT2D eigenvalue weighted by Crippen LogP contribution is 2.33. The Balaban J connectivity index is 0.00000300. The van der Waals surface area contributed by atoms with Crippen LogP contribution in [0.5, 0.6) is 0 Å². The second-order valence-electron chi connectivity index (χ2n) is 7.81. The van der Waals surface area contributed by atoms with Crippen molar-refractivity contribution in [2.75, 3.05) is 13.1 Å². The second kappa shape index (κ2) is 13.6. The summed E-state index contributed by atoms with van der Waals surface area (Å²) in [7, 11) is -1.57. The van der Waals surface area contributed by atoms with Crippen molar-refractivity contribution in [2.45, 2.75) is 43.7 Å². The minimum atomic E-state index is -1.57. The van der Waals surface area contributed by atoms with Crippen LogP contribution < -0.4 is 16.4 Å². The van der Waals surface area contributed by atoms with Gasteiger partial charge in [0.2, 0.25) is 0 Å². The van der Waals surface area contributed by atoms with Gasteiger partial charge in [-0.2, -0.15) is 0 Å². The molecule has 1 aromatic rings. The van der Waals surface area contributed by atoms with Crippen LogP contribution in [0.25, 0.3) is 0 Å². The van der Waals surface area contributed by atoms with E-state index in [-0.39, 0.29) is 49.2 Å². The van der Waals surface area contributed by atoms with Crippen molar-refractivity contribution < 1.29 is 19.9 Å². The van der Waals surface area contributed by atoms with Gasteiger partial charge in [0.05, 0.1) is 5.92 Å². The number of carbonyl (C=O) groups is 1. The standard InChI is InChI=1S/C18H26BCl2N3O4.3ClH/c20-11-3-10-7-24-16(5-12(10)15(21)4-11)17(22)14(19(27)28)2-1-9-6-23-8-13(9)18(25)26;;;/h3-4,9,13-14,16-17,23-24,27-28H,1-2,5-8,22H2,(H,25,26);3*1H/t9?,13?,14-,16?,17?;;;/m0.../s1. The van der Waals surface area contributed by atoms with Crippen LogP contribution in [0.3, 0.4) is 0 Å². The first kappa shape index (κ1) is 31.0. The van der Waals surface area contributed by atoms with E-state index in [0.29, 0.717) is 48.9 Å². The molecule has 31 heavy (non-hydrogen) atoms. The van der Waals surface area contributed by atoms with Crippen LogP contribution in [-0.4, -0.2) is 53.4 Å². The van der Waals surface area contributed by atoms with Gasteiger partial charge in [-0.05, 0) is 48.6 Å². The zero-order chi connectivity index (χ0) is 20.4. The van der Waals surface area contributed by atoms with Gasteiger partial charge >= 0.3 is 13.1 Å². The van der Waals surface area contributed by atoms with E-state index in [2.05, 4.69) is 10.6 Å². The van der Waals surface area contributed by atoms with Gasteiger partial charge in [0, 0.05) is 41.0 Å². The normalized spacial score (nSPS) is 24.0. The monoisotopic (exact) mass is 537 g/mol. The number of hydrogen-bond acceptors (Lipinski definition) is 6. The summed E-state index contributed by atoms with van der Waals surface area (Å²) in [5.41, 5.74) is 8.42. The number of hydrogen-bond donors (Lipinski definition) is 6. The summed E-state index contributed by atoms with van der Waals surface area (Å²) >= 11 is 12.4. The van der Waals surface area contributed by atoms with E-state index >= 15 is 0 Å². The van der Waals surface area contributed by atoms with E-state index in [4.69, 9.17) is 28.9 Å². The van der Waals surface area contributed by atoms with Crippen LogP contribution in [0, 0.1) is 11.8 Å². The van der Waals surface area contributed by atoms with E-state index in [1.807, 2.05) is 6.07 Å². The molecule has 0 aliphatic carbocycles. The average molecular weight is 540 g/mol.